The van der Waals surface area contributed by atoms with Crippen LogP contribution in [0.2, 0.25) is 5.02 Å². The highest BCUT2D eigenvalue weighted by Crippen LogP contribution is 2.35. The van der Waals surface area contributed by atoms with Gasteiger partial charge in [-0.15, -0.1) is 0 Å². The van der Waals surface area contributed by atoms with Crippen LogP contribution in [0.4, 0.5) is 0 Å². The second kappa shape index (κ2) is 5.79. The highest BCUT2D eigenvalue weighted by Gasteiger charge is 2.20. The molecule has 2 unspecified atom stereocenters. The molecule has 0 saturated carbocycles. The van der Waals surface area contributed by atoms with Gasteiger partial charge in [-0.05, 0) is 42.2 Å². The topological polar surface area (TPSA) is 9.23 Å². The van der Waals surface area contributed by atoms with E-state index in [-0.39, 0.29) is 10.9 Å². The third-order valence-corrected chi connectivity index (χ3v) is 4.86. The van der Waals surface area contributed by atoms with Crippen molar-refractivity contribution >= 4 is 27.5 Å². The van der Waals surface area contributed by atoms with Gasteiger partial charge in [-0.1, -0.05) is 57.9 Å². The first kappa shape index (κ1) is 14.0. The Morgan fingerprint density at radius 3 is 2.90 bits per heavy atom. The number of alkyl halides is 1. The molecular weight excluding hydrogens is 336 g/mol. The Hall–Kier alpha value is -0.990. The van der Waals surface area contributed by atoms with Gasteiger partial charge in [-0.2, -0.15) is 0 Å². The van der Waals surface area contributed by atoms with Gasteiger partial charge in [0.25, 0.3) is 0 Å². The van der Waals surface area contributed by atoms with Gasteiger partial charge in [0.2, 0.25) is 0 Å². The summed E-state index contributed by atoms with van der Waals surface area (Å²) >= 11 is 10.0. The van der Waals surface area contributed by atoms with Gasteiger partial charge in [0.15, 0.2) is 0 Å². The maximum Gasteiger partial charge on any atom is 0.123 e. The van der Waals surface area contributed by atoms with Crippen LogP contribution in [0.5, 0.6) is 5.75 Å². The minimum atomic E-state index is 0.267. The summed E-state index contributed by atoms with van der Waals surface area (Å²) in [5, 5.41) is 0.829. The Balaban J connectivity index is 1.80. The average Bonchev–Trinajstić information content (AvgIpc) is 2.80. The van der Waals surface area contributed by atoms with Crippen LogP contribution >= 0.6 is 27.5 Å². The molecule has 1 aliphatic rings. The molecule has 0 saturated heterocycles. The zero-order chi connectivity index (χ0) is 14.1. The summed E-state index contributed by atoms with van der Waals surface area (Å²) in [4.78, 5) is 0.267. The Bertz CT molecular complexity index is 626. The molecule has 0 amide bonds. The largest absolute Gasteiger partial charge is 0.490 e. The highest BCUT2D eigenvalue weighted by atomic mass is 79.9. The molecule has 104 valence electrons. The Morgan fingerprint density at radius 2 is 2.10 bits per heavy atom. The molecule has 0 spiro atoms. The predicted molar refractivity (Wildman–Crippen MR) is 87.1 cm³/mol. The molecule has 0 N–H and O–H groups in total. The minimum absolute atomic E-state index is 0.267. The minimum Gasteiger partial charge on any atom is -0.490 e. The van der Waals surface area contributed by atoms with Crippen LogP contribution in [0.3, 0.4) is 0 Å². The summed E-state index contributed by atoms with van der Waals surface area (Å²) in [5.74, 6) is 1.03. The average molecular weight is 352 g/mol. The lowest BCUT2D eigenvalue weighted by Crippen LogP contribution is -2.05. The van der Waals surface area contributed by atoms with Crippen LogP contribution in [0, 0.1) is 0 Å². The van der Waals surface area contributed by atoms with Crippen molar-refractivity contribution in [1.29, 1.82) is 0 Å². The van der Waals surface area contributed by atoms with E-state index >= 15 is 0 Å². The molecule has 3 heteroatoms. The second-order valence-electron chi connectivity index (χ2n) is 5.26. The fourth-order valence-corrected chi connectivity index (χ4v) is 3.46. The molecule has 20 heavy (non-hydrogen) atoms. The summed E-state index contributed by atoms with van der Waals surface area (Å²) in [7, 11) is 0. The molecule has 3 rings (SSSR count). The van der Waals surface area contributed by atoms with Gasteiger partial charge in [-0.25, -0.2) is 0 Å². The van der Waals surface area contributed by atoms with Crippen LogP contribution in [-0.2, 0) is 12.8 Å². The van der Waals surface area contributed by atoms with Crippen LogP contribution in [-0.4, -0.2) is 6.10 Å². The van der Waals surface area contributed by atoms with Crippen LogP contribution in [0.25, 0.3) is 0 Å². The quantitative estimate of drug-likeness (QED) is 0.678. The molecular formula is C17H16BrClO. The van der Waals surface area contributed by atoms with Crippen molar-refractivity contribution in [2.45, 2.75) is 30.7 Å². The first-order valence-electron chi connectivity index (χ1n) is 6.80. The summed E-state index contributed by atoms with van der Waals surface area (Å²) in [6.07, 6.45) is 2.17. The van der Waals surface area contributed by atoms with Crippen LogP contribution < -0.4 is 4.74 Å². The van der Waals surface area contributed by atoms with E-state index in [1.807, 2.05) is 18.2 Å². The standard InChI is InChI=1S/C17H16BrClO/c1-11-8-14-9-12(6-7-17(14)20-11)15(18)10-13-4-2-3-5-16(13)19/h2-7,9,11,15H,8,10H2,1H3. The number of rotatable bonds is 3. The van der Waals surface area contributed by atoms with Gasteiger partial charge in [-0.3, -0.25) is 0 Å². The maximum atomic E-state index is 6.23. The molecule has 2 aromatic rings. The number of hydrogen-bond donors (Lipinski definition) is 0. The van der Waals surface area contributed by atoms with Gasteiger partial charge in [0.1, 0.15) is 11.9 Å². The molecule has 0 radical (unpaired) electrons. The first-order valence-corrected chi connectivity index (χ1v) is 8.10. The smallest absolute Gasteiger partial charge is 0.123 e. The van der Waals surface area contributed by atoms with Crippen molar-refractivity contribution in [2.24, 2.45) is 0 Å². The third kappa shape index (κ3) is 2.87. The van der Waals surface area contributed by atoms with Crippen molar-refractivity contribution in [1.82, 2.24) is 0 Å². The van der Waals surface area contributed by atoms with E-state index in [4.69, 9.17) is 16.3 Å². The highest BCUT2D eigenvalue weighted by molar-refractivity contribution is 9.09. The van der Waals surface area contributed by atoms with Crippen molar-refractivity contribution in [2.75, 3.05) is 0 Å². The van der Waals surface area contributed by atoms with Crippen molar-refractivity contribution in [3.63, 3.8) is 0 Å². The molecule has 1 aliphatic heterocycles. The fraction of sp³-hybridized carbons (Fsp3) is 0.294. The number of benzene rings is 2. The third-order valence-electron chi connectivity index (χ3n) is 3.64. The Kier molecular flexibility index (Phi) is 4.04. The summed E-state index contributed by atoms with van der Waals surface area (Å²) < 4.78 is 5.74. The summed E-state index contributed by atoms with van der Waals surface area (Å²) in [6.45, 7) is 2.11. The Labute approximate surface area is 133 Å². The van der Waals surface area contributed by atoms with E-state index in [1.165, 1.54) is 16.7 Å². The maximum absolute atomic E-state index is 6.23. The van der Waals surface area contributed by atoms with E-state index in [0.717, 1.165) is 23.6 Å². The monoisotopic (exact) mass is 350 g/mol. The Morgan fingerprint density at radius 1 is 1.30 bits per heavy atom. The number of halogens is 2. The lowest BCUT2D eigenvalue weighted by molar-refractivity contribution is 0.254. The van der Waals surface area contributed by atoms with E-state index in [1.54, 1.807) is 0 Å². The number of ether oxygens (including phenoxy) is 1. The number of hydrogen-bond acceptors (Lipinski definition) is 1. The zero-order valence-corrected chi connectivity index (χ0v) is 13.6. The van der Waals surface area contributed by atoms with Crippen LogP contribution in [0.1, 0.15) is 28.4 Å². The second-order valence-corrected chi connectivity index (χ2v) is 6.78. The van der Waals surface area contributed by atoms with Gasteiger partial charge in [0.05, 0.1) is 0 Å². The molecule has 2 atom stereocenters. The molecule has 1 heterocycles. The van der Waals surface area contributed by atoms with Crippen molar-refractivity contribution in [3.8, 4) is 5.75 Å². The molecule has 0 aliphatic carbocycles. The first-order chi connectivity index (χ1) is 9.63. The lowest BCUT2D eigenvalue weighted by atomic mass is 10.0. The zero-order valence-electron chi connectivity index (χ0n) is 11.3. The van der Waals surface area contributed by atoms with Crippen molar-refractivity contribution < 1.29 is 4.74 Å². The van der Waals surface area contributed by atoms with E-state index in [0.29, 0.717) is 0 Å². The molecule has 0 fully saturated rings. The van der Waals surface area contributed by atoms with E-state index in [2.05, 4.69) is 47.1 Å². The van der Waals surface area contributed by atoms with E-state index < -0.39 is 0 Å². The predicted octanol–water partition coefficient (Wildman–Crippen LogP) is 5.34. The fourth-order valence-electron chi connectivity index (χ4n) is 2.61. The van der Waals surface area contributed by atoms with Gasteiger partial charge >= 0.3 is 0 Å². The molecule has 0 bridgehead atoms. The summed E-state index contributed by atoms with van der Waals surface area (Å²) in [6, 6.07) is 14.5. The lowest BCUT2D eigenvalue weighted by Gasteiger charge is -2.12. The normalized spacial score (nSPS) is 18.4. The molecule has 0 aromatic heterocycles. The summed E-state index contributed by atoms with van der Waals surface area (Å²) in [5.41, 5.74) is 3.75. The van der Waals surface area contributed by atoms with Gasteiger partial charge in [0, 0.05) is 16.3 Å². The number of fused-ring (bicyclic) bond motifs is 1. The SMILES string of the molecule is CC1Cc2cc(C(Br)Cc3ccccc3Cl)ccc2O1. The van der Waals surface area contributed by atoms with Crippen LogP contribution in [0.15, 0.2) is 42.5 Å². The molecule has 1 nitrogen and oxygen atoms in total. The van der Waals surface area contributed by atoms with E-state index in [9.17, 15) is 0 Å². The van der Waals surface area contributed by atoms with Crippen molar-refractivity contribution in [3.05, 3.63) is 64.2 Å². The van der Waals surface area contributed by atoms with Gasteiger partial charge < -0.3 is 4.74 Å². The molecule has 2 aromatic carbocycles.